The van der Waals surface area contributed by atoms with Gasteiger partial charge in [0, 0.05) is 5.41 Å². The normalized spacial score (nSPS) is 28.6. The highest BCUT2D eigenvalue weighted by molar-refractivity contribution is 5.38. The third-order valence-electron chi connectivity index (χ3n) is 9.40. The topological polar surface area (TPSA) is 60.7 Å². The smallest absolute Gasteiger partial charge is 0.0783 e. The van der Waals surface area contributed by atoms with Gasteiger partial charge in [-0.15, -0.1) is 0 Å². The molecule has 0 spiro atoms. The molecule has 0 amide bonds. The van der Waals surface area contributed by atoms with E-state index < -0.39 is 6.10 Å². The Hall–Kier alpha value is -2.72. The molecule has 3 N–H and O–H groups in total. The summed E-state index contributed by atoms with van der Waals surface area (Å²) in [5.41, 5.74) is 6.74. The molecule has 0 aromatic carbocycles. The number of allylic oxidation sites excluding steroid dienone is 18. The van der Waals surface area contributed by atoms with Gasteiger partial charge in [-0.05, 0) is 76.7 Å². The number of aliphatic hydroxyl groups is 3. The molecule has 43 heavy (non-hydrogen) atoms. The predicted octanol–water partition coefficient (Wildman–Crippen LogP) is 9.60. The Balaban J connectivity index is 1.88. The molecule has 0 saturated heterocycles. The minimum atomic E-state index is -0.598. The van der Waals surface area contributed by atoms with E-state index >= 15 is 0 Å². The third-order valence-corrected chi connectivity index (χ3v) is 9.40. The van der Waals surface area contributed by atoms with Crippen LogP contribution in [-0.4, -0.2) is 33.6 Å². The van der Waals surface area contributed by atoms with Crippen LogP contribution in [0.25, 0.3) is 0 Å². The highest BCUT2D eigenvalue weighted by atomic mass is 16.3. The molecular formula is C40H58O3. The summed E-state index contributed by atoms with van der Waals surface area (Å²) < 4.78 is 0. The first-order valence-corrected chi connectivity index (χ1v) is 15.8. The highest BCUT2D eigenvalue weighted by Crippen LogP contribution is 2.54. The maximum atomic E-state index is 10.9. The van der Waals surface area contributed by atoms with E-state index in [0.29, 0.717) is 6.42 Å². The van der Waals surface area contributed by atoms with Crippen LogP contribution in [0.1, 0.15) is 94.9 Å². The summed E-state index contributed by atoms with van der Waals surface area (Å²) in [5.74, 6) is 0. The zero-order valence-corrected chi connectivity index (χ0v) is 28.5. The quantitative estimate of drug-likeness (QED) is 0.211. The molecule has 0 bridgehead atoms. The molecular weight excluding hydrogens is 528 g/mol. The van der Waals surface area contributed by atoms with E-state index in [9.17, 15) is 15.3 Å². The fourth-order valence-corrected chi connectivity index (χ4v) is 6.37. The number of aliphatic hydroxyl groups excluding tert-OH is 3. The summed E-state index contributed by atoms with van der Waals surface area (Å²) in [6.45, 7) is 21.2. The molecule has 3 heteroatoms. The van der Waals surface area contributed by atoms with E-state index in [2.05, 4.69) is 117 Å². The predicted molar refractivity (Wildman–Crippen MR) is 186 cm³/mol. The van der Waals surface area contributed by atoms with Crippen LogP contribution in [-0.2, 0) is 0 Å². The molecule has 0 aliphatic heterocycles. The fraction of sp³-hybridized carbons (Fsp3) is 0.500. The standard InChI is InChI=1S/C40H58O3/c1-29(17-13-19-31(3)21-23-36-33(5)25-34(41)26-38(36,6)7)15-11-12-16-30(2)18-14-20-32(4)22-24-37(43)40(10)28-35(42)27-39(40,8)9/h11-24,34-35,37,41-43H,25-28H2,1-10H3/b12-11+,17-13+,18-14+,23-21+,24-22+,29-15+,30-16+,31-19+,32-20+/t34-,35-,37-,40+/m1/s1. The molecule has 1 saturated carbocycles. The van der Waals surface area contributed by atoms with Gasteiger partial charge in [-0.25, -0.2) is 0 Å². The summed E-state index contributed by atoms with van der Waals surface area (Å²) in [6, 6.07) is 0. The lowest BCUT2D eigenvalue weighted by Crippen LogP contribution is -2.39. The number of hydrogen-bond donors (Lipinski definition) is 3. The molecule has 0 radical (unpaired) electrons. The minimum Gasteiger partial charge on any atom is -0.393 e. The summed E-state index contributed by atoms with van der Waals surface area (Å²) in [5, 5.41) is 31.1. The van der Waals surface area contributed by atoms with Gasteiger partial charge >= 0.3 is 0 Å². The van der Waals surface area contributed by atoms with Crippen LogP contribution in [0.15, 0.2) is 119 Å². The van der Waals surface area contributed by atoms with Crippen LogP contribution in [0.5, 0.6) is 0 Å². The van der Waals surface area contributed by atoms with Crippen LogP contribution >= 0.6 is 0 Å². The van der Waals surface area contributed by atoms with E-state index in [-0.39, 0.29) is 28.5 Å². The lowest BCUT2D eigenvalue weighted by atomic mass is 9.66. The monoisotopic (exact) mass is 586 g/mol. The Kier molecular flexibility index (Phi) is 13.4. The van der Waals surface area contributed by atoms with Gasteiger partial charge < -0.3 is 15.3 Å². The maximum absolute atomic E-state index is 10.9. The second kappa shape index (κ2) is 15.8. The average Bonchev–Trinajstić information content (AvgIpc) is 3.10. The Morgan fingerprint density at radius 1 is 0.674 bits per heavy atom. The van der Waals surface area contributed by atoms with Crippen LogP contribution in [0.2, 0.25) is 0 Å². The Morgan fingerprint density at radius 3 is 1.65 bits per heavy atom. The lowest BCUT2D eigenvalue weighted by molar-refractivity contribution is -0.000365. The first-order valence-electron chi connectivity index (χ1n) is 15.8. The number of hydrogen-bond acceptors (Lipinski definition) is 3. The average molecular weight is 587 g/mol. The van der Waals surface area contributed by atoms with Crippen molar-refractivity contribution >= 4 is 0 Å². The fourth-order valence-electron chi connectivity index (χ4n) is 6.37. The van der Waals surface area contributed by atoms with Crippen molar-refractivity contribution in [3.05, 3.63) is 119 Å². The Bertz CT molecular complexity index is 1270. The van der Waals surface area contributed by atoms with Crippen molar-refractivity contribution in [1.29, 1.82) is 0 Å². The largest absolute Gasteiger partial charge is 0.393 e. The summed E-state index contributed by atoms with van der Waals surface area (Å²) in [4.78, 5) is 0. The van der Waals surface area contributed by atoms with E-state index in [4.69, 9.17) is 0 Å². The Labute approximate surface area is 262 Å². The van der Waals surface area contributed by atoms with Gasteiger partial charge in [0.05, 0.1) is 18.3 Å². The molecule has 2 aliphatic rings. The summed E-state index contributed by atoms with van der Waals surface area (Å²) >= 11 is 0. The molecule has 0 aromatic rings. The zero-order valence-electron chi connectivity index (χ0n) is 28.5. The van der Waals surface area contributed by atoms with Crippen LogP contribution < -0.4 is 0 Å². The summed E-state index contributed by atoms with van der Waals surface area (Å²) in [6.07, 6.45) is 30.7. The first kappa shape index (κ1) is 36.5. The van der Waals surface area contributed by atoms with Gasteiger partial charge in [0.25, 0.3) is 0 Å². The summed E-state index contributed by atoms with van der Waals surface area (Å²) in [7, 11) is 0. The minimum absolute atomic E-state index is 0.00246. The van der Waals surface area contributed by atoms with Crippen molar-refractivity contribution in [3.63, 3.8) is 0 Å². The van der Waals surface area contributed by atoms with Crippen molar-refractivity contribution < 1.29 is 15.3 Å². The Morgan fingerprint density at radius 2 is 1.16 bits per heavy atom. The third kappa shape index (κ3) is 11.1. The van der Waals surface area contributed by atoms with Crippen molar-refractivity contribution in [3.8, 4) is 0 Å². The van der Waals surface area contributed by atoms with Crippen molar-refractivity contribution in [1.82, 2.24) is 0 Å². The molecule has 0 heterocycles. The van der Waals surface area contributed by atoms with Gasteiger partial charge in [-0.3, -0.25) is 0 Å². The SMILES string of the molecule is CC1=C(/C=C/C(C)=C/C=C/C(C)=C/C=C/C=C(C)/C=C/C=C(C)/C=C/[C@@H](O)[C@]2(C)C[C@H](O)CC2(C)C)C(C)(C)C[C@H](O)C1. The van der Waals surface area contributed by atoms with Gasteiger partial charge in [0.1, 0.15) is 0 Å². The van der Waals surface area contributed by atoms with E-state index in [1.54, 1.807) is 0 Å². The van der Waals surface area contributed by atoms with E-state index in [0.717, 1.165) is 30.4 Å². The molecule has 2 rings (SSSR count). The highest BCUT2D eigenvalue weighted by Gasteiger charge is 2.52. The zero-order chi connectivity index (χ0) is 32.4. The second-order valence-corrected chi connectivity index (χ2v) is 14.4. The molecule has 1 fully saturated rings. The molecule has 0 unspecified atom stereocenters. The molecule has 3 nitrogen and oxygen atoms in total. The molecule has 4 atom stereocenters. The number of rotatable bonds is 11. The van der Waals surface area contributed by atoms with Crippen molar-refractivity contribution in [2.75, 3.05) is 0 Å². The van der Waals surface area contributed by atoms with Crippen LogP contribution in [0.3, 0.4) is 0 Å². The lowest BCUT2D eigenvalue weighted by Gasteiger charge is -2.40. The first-order chi connectivity index (χ1) is 20.0. The van der Waals surface area contributed by atoms with Crippen molar-refractivity contribution in [2.45, 2.75) is 113 Å². The van der Waals surface area contributed by atoms with Gasteiger partial charge in [-0.1, -0.05) is 148 Å². The van der Waals surface area contributed by atoms with Gasteiger partial charge in [-0.2, -0.15) is 0 Å². The van der Waals surface area contributed by atoms with Crippen molar-refractivity contribution in [2.24, 2.45) is 16.2 Å². The van der Waals surface area contributed by atoms with Crippen LogP contribution in [0.4, 0.5) is 0 Å². The van der Waals surface area contributed by atoms with Gasteiger partial charge in [0.15, 0.2) is 0 Å². The molecule has 2 aliphatic carbocycles. The van der Waals surface area contributed by atoms with Crippen LogP contribution in [0, 0.1) is 16.2 Å². The maximum Gasteiger partial charge on any atom is 0.0783 e. The van der Waals surface area contributed by atoms with E-state index in [1.807, 2.05) is 37.3 Å². The molecule has 0 aromatic heterocycles. The second-order valence-electron chi connectivity index (χ2n) is 14.4. The van der Waals surface area contributed by atoms with Gasteiger partial charge in [0.2, 0.25) is 0 Å². The van der Waals surface area contributed by atoms with E-state index in [1.165, 1.54) is 22.3 Å². The molecule has 236 valence electrons.